The van der Waals surface area contributed by atoms with E-state index in [2.05, 4.69) is 9.97 Å². The molecule has 0 fully saturated rings. The highest BCUT2D eigenvalue weighted by Crippen LogP contribution is 2.28. The summed E-state index contributed by atoms with van der Waals surface area (Å²) in [6.07, 6.45) is -4.74. The third kappa shape index (κ3) is 3.85. The molecule has 0 aliphatic heterocycles. The van der Waals surface area contributed by atoms with Crippen molar-refractivity contribution in [3.8, 4) is 0 Å². The van der Waals surface area contributed by atoms with Gasteiger partial charge in [-0.2, -0.15) is 13.2 Å². The molecular weight excluding hydrogens is 327 g/mol. The van der Waals surface area contributed by atoms with Crippen molar-refractivity contribution in [3.63, 3.8) is 0 Å². The van der Waals surface area contributed by atoms with Crippen molar-refractivity contribution in [2.75, 3.05) is 0 Å². The zero-order valence-electron chi connectivity index (χ0n) is 11.1. The van der Waals surface area contributed by atoms with Crippen LogP contribution in [0.15, 0.2) is 28.2 Å². The molecule has 0 atom stereocenters. The zero-order valence-corrected chi connectivity index (χ0v) is 11.9. The number of H-pyrrole nitrogens is 1. The van der Waals surface area contributed by atoms with Crippen molar-refractivity contribution in [1.29, 1.82) is 0 Å². The number of aromatic nitrogens is 2. The fourth-order valence-electron chi connectivity index (χ4n) is 1.58. The van der Waals surface area contributed by atoms with Crippen LogP contribution in [0.2, 0.25) is 0 Å². The second kappa shape index (κ2) is 6.07. The lowest BCUT2D eigenvalue weighted by atomic mass is 10.1. The van der Waals surface area contributed by atoms with Gasteiger partial charge in [0.05, 0.1) is 0 Å². The van der Waals surface area contributed by atoms with E-state index in [-0.39, 0.29) is 22.0 Å². The van der Waals surface area contributed by atoms with Crippen LogP contribution in [-0.4, -0.2) is 9.97 Å². The molecule has 0 bridgehead atoms. The second-order valence-corrected chi connectivity index (χ2v) is 5.37. The number of aromatic amines is 1. The second-order valence-electron chi connectivity index (χ2n) is 4.41. The van der Waals surface area contributed by atoms with Crippen LogP contribution in [0.25, 0.3) is 0 Å². The zero-order chi connectivity index (χ0) is 16.5. The van der Waals surface area contributed by atoms with Crippen molar-refractivity contribution >= 4 is 11.8 Å². The Labute approximate surface area is 125 Å². The fourth-order valence-corrected chi connectivity index (χ4v) is 2.39. The first-order chi connectivity index (χ1) is 10.2. The molecule has 0 radical (unpaired) electrons. The molecule has 0 aliphatic carbocycles. The largest absolute Gasteiger partial charge is 0.433 e. The van der Waals surface area contributed by atoms with E-state index in [4.69, 9.17) is 0 Å². The minimum absolute atomic E-state index is 0.0433. The first-order valence-corrected chi connectivity index (χ1v) is 6.91. The molecule has 1 N–H and O–H groups in total. The van der Waals surface area contributed by atoms with Gasteiger partial charge in [-0.25, -0.2) is 13.8 Å². The lowest BCUT2D eigenvalue weighted by molar-refractivity contribution is -0.141. The van der Waals surface area contributed by atoms with Crippen LogP contribution >= 0.6 is 11.8 Å². The van der Waals surface area contributed by atoms with Crippen LogP contribution in [-0.2, 0) is 11.9 Å². The van der Waals surface area contributed by atoms with E-state index in [1.54, 1.807) is 0 Å². The minimum atomic E-state index is -4.74. The van der Waals surface area contributed by atoms with Gasteiger partial charge in [0.2, 0.25) is 0 Å². The van der Waals surface area contributed by atoms with E-state index in [1.165, 1.54) is 6.92 Å². The summed E-state index contributed by atoms with van der Waals surface area (Å²) in [4.78, 5) is 16.6. The van der Waals surface area contributed by atoms with Crippen LogP contribution in [0.3, 0.4) is 0 Å². The van der Waals surface area contributed by atoms with Gasteiger partial charge in [0.15, 0.2) is 10.9 Å². The summed E-state index contributed by atoms with van der Waals surface area (Å²) in [5.41, 5.74) is -2.18. The van der Waals surface area contributed by atoms with Crippen LogP contribution in [0.1, 0.15) is 16.8 Å². The number of nitrogens with zero attached hydrogens (tertiary/aromatic N) is 1. The van der Waals surface area contributed by atoms with Crippen molar-refractivity contribution in [3.05, 3.63) is 57.0 Å². The summed E-state index contributed by atoms with van der Waals surface area (Å²) in [5, 5.41) is -0.277. The maximum Gasteiger partial charge on any atom is 0.433 e. The molecule has 0 spiro atoms. The Kier molecular flexibility index (Phi) is 4.55. The summed E-state index contributed by atoms with van der Waals surface area (Å²) < 4.78 is 64.4. The Morgan fingerprint density at radius 2 is 1.77 bits per heavy atom. The number of hydrogen-bond donors (Lipinski definition) is 1. The van der Waals surface area contributed by atoms with Gasteiger partial charge < -0.3 is 4.98 Å². The molecule has 2 aromatic rings. The van der Waals surface area contributed by atoms with Crippen molar-refractivity contribution in [2.24, 2.45) is 0 Å². The van der Waals surface area contributed by atoms with Crippen molar-refractivity contribution < 1.29 is 22.0 Å². The number of rotatable bonds is 3. The average Bonchev–Trinajstić information content (AvgIpc) is 2.41. The summed E-state index contributed by atoms with van der Waals surface area (Å²) >= 11 is 0.741. The molecule has 1 aromatic heterocycles. The Balaban J connectivity index is 2.22. The van der Waals surface area contributed by atoms with Gasteiger partial charge in [0.25, 0.3) is 5.56 Å². The molecule has 118 valence electrons. The third-order valence-electron chi connectivity index (χ3n) is 2.73. The Morgan fingerprint density at radius 1 is 1.18 bits per heavy atom. The predicted octanol–water partition coefficient (Wildman–Crippen LogP) is 3.67. The number of alkyl halides is 3. The summed E-state index contributed by atoms with van der Waals surface area (Å²) in [6.45, 7) is 1.27. The normalized spacial score (nSPS) is 11.7. The SMILES string of the molecule is Cc1c(F)cc(CSc2nc(C(F)(F)F)cc(=O)[nH]2)cc1F. The molecule has 0 amide bonds. The van der Waals surface area contributed by atoms with Gasteiger partial charge >= 0.3 is 6.18 Å². The molecule has 9 heteroatoms. The van der Waals surface area contributed by atoms with E-state index in [1.807, 2.05) is 0 Å². The van der Waals surface area contributed by atoms with E-state index < -0.39 is 29.1 Å². The highest BCUT2D eigenvalue weighted by molar-refractivity contribution is 7.98. The summed E-state index contributed by atoms with van der Waals surface area (Å²) in [5.74, 6) is -1.54. The average molecular weight is 336 g/mol. The Hall–Kier alpha value is -1.90. The number of halogens is 5. The highest BCUT2D eigenvalue weighted by atomic mass is 32.2. The topological polar surface area (TPSA) is 45.8 Å². The molecular formula is C13H9F5N2OS. The van der Waals surface area contributed by atoms with E-state index in [0.29, 0.717) is 6.07 Å². The first-order valence-electron chi connectivity index (χ1n) is 5.92. The summed E-state index contributed by atoms with van der Waals surface area (Å²) in [7, 11) is 0. The first kappa shape index (κ1) is 16.5. The maximum atomic E-state index is 13.4. The van der Waals surface area contributed by atoms with Crippen LogP contribution in [0, 0.1) is 18.6 Å². The van der Waals surface area contributed by atoms with Gasteiger partial charge in [-0.15, -0.1) is 0 Å². The lowest BCUT2D eigenvalue weighted by Gasteiger charge is -2.08. The smallest absolute Gasteiger partial charge is 0.301 e. The Bertz CT molecular complexity index is 734. The van der Waals surface area contributed by atoms with Gasteiger partial charge in [-0.1, -0.05) is 11.8 Å². The van der Waals surface area contributed by atoms with Gasteiger partial charge in [0, 0.05) is 17.4 Å². The van der Waals surface area contributed by atoms with Gasteiger partial charge in [-0.3, -0.25) is 4.79 Å². The number of thioether (sulfide) groups is 1. The number of hydrogen-bond acceptors (Lipinski definition) is 3. The van der Waals surface area contributed by atoms with Gasteiger partial charge in [0.1, 0.15) is 11.6 Å². The van der Waals surface area contributed by atoms with Crippen molar-refractivity contribution in [1.82, 2.24) is 9.97 Å². The van der Waals surface area contributed by atoms with E-state index >= 15 is 0 Å². The van der Waals surface area contributed by atoms with Gasteiger partial charge in [-0.05, 0) is 24.6 Å². The molecule has 0 saturated heterocycles. The molecule has 22 heavy (non-hydrogen) atoms. The quantitative estimate of drug-likeness (QED) is 0.528. The minimum Gasteiger partial charge on any atom is -0.301 e. The molecule has 0 unspecified atom stereocenters. The van der Waals surface area contributed by atoms with Crippen LogP contribution in [0.4, 0.5) is 22.0 Å². The molecule has 0 saturated carbocycles. The molecule has 2 rings (SSSR count). The van der Waals surface area contributed by atoms with Crippen LogP contribution in [0.5, 0.6) is 0 Å². The van der Waals surface area contributed by atoms with Crippen molar-refractivity contribution in [2.45, 2.75) is 24.0 Å². The summed E-state index contributed by atoms with van der Waals surface area (Å²) in [6, 6.07) is 2.50. The fraction of sp³-hybridized carbons (Fsp3) is 0.231. The Morgan fingerprint density at radius 3 is 2.32 bits per heavy atom. The molecule has 1 heterocycles. The van der Waals surface area contributed by atoms with E-state index in [9.17, 15) is 26.7 Å². The standard InChI is InChI=1S/C13H9F5N2OS/c1-6-8(14)2-7(3-9(6)15)5-22-12-19-10(13(16,17)18)4-11(21)20-12/h2-4H,5H2,1H3,(H,19,20,21). The monoisotopic (exact) mass is 336 g/mol. The highest BCUT2D eigenvalue weighted by Gasteiger charge is 2.33. The number of nitrogens with one attached hydrogen (secondary N) is 1. The number of benzene rings is 1. The maximum absolute atomic E-state index is 13.4. The van der Waals surface area contributed by atoms with Crippen LogP contribution < -0.4 is 5.56 Å². The molecule has 1 aromatic carbocycles. The predicted molar refractivity (Wildman–Crippen MR) is 70.5 cm³/mol. The lowest BCUT2D eigenvalue weighted by Crippen LogP contribution is -2.16. The third-order valence-corrected chi connectivity index (χ3v) is 3.67. The molecule has 0 aliphatic rings. The molecule has 3 nitrogen and oxygen atoms in total. The van der Waals surface area contributed by atoms with E-state index in [0.717, 1.165) is 23.9 Å².